The van der Waals surface area contributed by atoms with Crippen LogP contribution < -0.4 is 59.1 Å². The maximum atomic E-state index is 0. The Morgan fingerprint density at radius 1 is 0.333 bits per heavy atom. The minimum Gasteiger partial charge on any atom is -0.412 e. The molecule has 0 amide bonds. The molecule has 12 N–H and O–H groups in total. The van der Waals surface area contributed by atoms with Gasteiger partial charge in [0.2, 0.25) is 0 Å². The molecule has 6 nitrogen and oxygen atoms in total. The third-order valence-corrected chi connectivity index (χ3v) is 0. The molecule has 0 bridgehead atoms. The zero-order valence-electron chi connectivity index (χ0n) is 5.32. The molecular weight excluding hydrogens is 337 g/mol. The number of hydrogen-bond acceptors (Lipinski definition) is 0. The second-order valence-electron chi connectivity index (χ2n) is 0. The summed E-state index contributed by atoms with van der Waals surface area (Å²) in [5.41, 5.74) is 0. The van der Waals surface area contributed by atoms with Gasteiger partial charge in [0, 0.05) is 21.1 Å². The maximum absolute atomic E-state index is 0. The SMILES string of the molecule is O.O.O.O.O.O.[Na+].[Na+].[Pt]. The zero-order valence-corrected chi connectivity index (χ0v) is 11.6. The van der Waals surface area contributed by atoms with E-state index in [0.29, 0.717) is 0 Å². The first-order valence-electron chi connectivity index (χ1n) is 0. The quantitative estimate of drug-likeness (QED) is 0.376. The van der Waals surface area contributed by atoms with Gasteiger partial charge in [0.25, 0.3) is 0 Å². The molecule has 0 aliphatic rings. The second-order valence-corrected chi connectivity index (χ2v) is 0. The summed E-state index contributed by atoms with van der Waals surface area (Å²) in [4.78, 5) is 0. The van der Waals surface area contributed by atoms with Crippen molar-refractivity contribution in [2.45, 2.75) is 0 Å². The Balaban J connectivity index is 0. The van der Waals surface area contributed by atoms with Crippen molar-refractivity contribution < 1.29 is 113 Å². The van der Waals surface area contributed by atoms with Crippen LogP contribution >= 0.6 is 0 Å². The Morgan fingerprint density at radius 2 is 0.333 bits per heavy atom. The van der Waals surface area contributed by atoms with Gasteiger partial charge in [-0.3, -0.25) is 0 Å². The van der Waals surface area contributed by atoms with Gasteiger partial charge >= 0.3 is 59.1 Å². The summed E-state index contributed by atoms with van der Waals surface area (Å²) in [6.45, 7) is 0. The van der Waals surface area contributed by atoms with Gasteiger partial charge in [0.1, 0.15) is 0 Å². The van der Waals surface area contributed by atoms with Crippen LogP contribution in [0.2, 0.25) is 0 Å². The fraction of sp³-hybridized carbons (Fsp3) is 0. The molecule has 0 atom stereocenters. The Bertz CT molecular complexity index is 11.0. The molecule has 0 aromatic carbocycles. The van der Waals surface area contributed by atoms with E-state index in [9.17, 15) is 0 Å². The average molecular weight is 349 g/mol. The van der Waals surface area contributed by atoms with Gasteiger partial charge in [0.15, 0.2) is 0 Å². The molecule has 0 fully saturated rings. The van der Waals surface area contributed by atoms with Crippen molar-refractivity contribution in [3.63, 3.8) is 0 Å². The maximum Gasteiger partial charge on any atom is 1.00 e. The molecule has 9 heteroatoms. The summed E-state index contributed by atoms with van der Waals surface area (Å²) >= 11 is 0. The van der Waals surface area contributed by atoms with Gasteiger partial charge < -0.3 is 32.9 Å². The largest absolute Gasteiger partial charge is 1.00 e. The van der Waals surface area contributed by atoms with Crippen LogP contribution in [0.5, 0.6) is 0 Å². The molecule has 0 radical (unpaired) electrons. The molecule has 0 heterocycles. The smallest absolute Gasteiger partial charge is 0.412 e. The standard InChI is InChI=1S/2Na.6H2O.Pt/h;;6*1H2;/q2*+1;;;;;;;. The van der Waals surface area contributed by atoms with Gasteiger partial charge in [-0.25, -0.2) is 0 Å². The second kappa shape index (κ2) is 156. The van der Waals surface area contributed by atoms with Crippen molar-refractivity contribution in [2.24, 2.45) is 0 Å². The molecular formula is H12Na2O6Pt+2. The normalized spacial score (nSPS) is 0. The van der Waals surface area contributed by atoms with E-state index in [2.05, 4.69) is 0 Å². The first kappa shape index (κ1) is 208. The fourth-order valence-electron chi connectivity index (χ4n) is 0. The zero-order chi connectivity index (χ0) is 0. The van der Waals surface area contributed by atoms with Gasteiger partial charge in [-0.1, -0.05) is 0 Å². The van der Waals surface area contributed by atoms with Crippen molar-refractivity contribution >= 4 is 0 Å². The van der Waals surface area contributed by atoms with Gasteiger partial charge in [0.05, 0.1) is 0 Å². The van der Waals surface area contributed by atoms with Crippen LogP contribution in [0.25, 0.3) is 0 Å². The number of rotatable bonds is 0. The Labute approximate surface area is 111 Å². The molecule has 0 unspecified atom stereocenters. The van der Waals surface area contributed by atoms with E-state index in [0.717, 1.165) is 0 Å². The molecule has 9 heavy (non-hydrogen) atoms. The minimum absolute atomic E-state index is 0. The Hall–Kier alpha value is 2.45. The van der Waals surface area contributed by atoms with Crippen molar-refractivity contribution in [3.8, 4) is 0 Å². The molecule has 0 rings (SSSR count). The average Bonchev–Trinajstić information content (AvgIpc) is 0. The van der Waals surface area contributed by atoms with Crippen LogP contribution in [0.4, 0.5) is 0 Å². The molecule has 0 saturated heterocycles. The van der Waals surface area contributed by atoms with Crippen molar-refractivity contribution in [1.82, 2.24) is 0 Å². The van der Waals surface area contributed by atoms with E-state index in [1.54, 1.807) is 0 Å². The molecule has 58 valence electrons. The molecule has 0 saturated carbocycles. The number of hydrogen-bond donors (Lipinski definition) is 0. The van der Waals surface area contributed by atoms with Crippen molar-refractivity contribution in [2.75, 3.05) is 0 Å². The summed E-state index contributed by atoms with van der Waals surface area (Å²) in [5.74, 6) is 0. The summed E-state index contributed by atoms with van der Waals surface area (Å²) in [6, 6.07) is 0. The van der Waals surface area contributed by atoms with Crippen LogP contribution in [-0.2, 0) is 21.1 Å². The molecule has 0 aromatic rings. The van der Waals surface area contributed by atoms with Gasteiger partial charge in [-0.15, -0.1) is 0 Å². The summed E-state index contributed by atoms with van der Waals surface area (Å²) in [5, 5.41) is 0. The van der Waals surface area contributed by atoms with Crippen LogP contribution in [-0.4, -0.2) is 32.9 Å². The third kappa shape index (κ3) is 124. The van der Waals surface area contributed by atoms with Crippen molar-refractivity contribution in [1.29, 1.82) is 0 Å². The van der Waals surface area contributed by atoms with Gasteiger partial charge in [-0.2, -0.15) is 0 Å². The fourth-order valence-corrected chi connectivity index (χ4v) is 0. The predicted molar refractivity (Wildman–Crippen MR) is 21.7 cm³/mol. The van der Waals surface area contributed by atoms with E-state index in [1.165, 1.54) is 0 Å². The Morgan fingerprint density at radius 3 is 0.333 bits per heavy atom. The minimum atomic E-state index is 0. The summed E-state index contributed by atoms with van der Waals surface area (Å²) < 4.78 is 0. The Kier molecular flexibility index (Phi) is 3600. The summed E-state index contributed by atoms with van der Waals surface area (Å²) in [6.07, 6.45) is 0. The predicted octanol–water partition coefficient (Wildman–Crippen LogP) is -10.9. The monoisotopic (exact) mass is 349 g/mol. The van der Waals surface area contributed by atoms with E-state index in [-0.39, 0.29) is 113 Å². The van der Waals surface area contributed by atoms with Crippen LogP contribution in [0.15, 0.2) is 0 Å². The van der Waals surface area contributed by atoms with E-state index >= 15 is 0 Å². The first-order chi connectivity index (χ1) is 0. The van der Waals surface area contributed by atoms with Gasteiger partial charge in [-0.05, 0) is 0 Å². The van der Waals surface area contributed by atoms with Crippen LogP contribution in [0.3, 0.4) is 0 Å². The van der Waals surface area contributed by atoms with E-state index in [1.807, 2.05) is 0 Å². The molecule has 0 spiro atoms. The van der Waals surface area contributed by atoms with Crippen LogP contribution in [0.1, 0.15) is 0 Å². The van der Waals surface area contributed by atoms with Crippen LogP contribution in [0, 0.1) is 0 Å². The molecule has 0 aliphatic heterocycles. The molecule has 0 aliphatic carbocycles. The van der Waals surface area contributed by atoms with E-state index in [4.69, 9.17) is 0 Å². The van der Waals surface area contributed by atoms with Crippen molar-refractivity contribution in [3.05, 3.63) is 0 Å². The first-order valence-corrected chi connectivity index (χ1v) is 0. The topological polar surface area (TPSA) is 189 Å². The molecule has 0 aromatic heterocycles. The van der Waals surface area contributed by atoms with E-state index < -0.39 is 0 Å². The summed E-state index contributed by atoms with van der Waals surface area (Å²) in [7, 11) is 0. The third-order valence-electron chi connectivity index (χ3n) is 0.